The summed E-state index contributed by atoms with van der Waals surface area (Å²) in [5.74, 6) is -0.380. The molecule has 3 aromatic carbocycles. The summed E-state index contributed by atoms with van der Waals surface area (Å²) in [5, 5.41) is 2.85. The van der Waals surface area contributed by atoms with Gasteiger partial charge in [-0.05, 0) is 56.7 Å². The van der Waals surface area contributed by atoms with E-state index in [9.17, 15) is 13.2 Å². The van der Waals surface area contributed by atoms with E-state index < -0.39 is 10.0 Å². The normalized spacial score (nSPS) is 11.1. The maximum atomic E-state index is 12.8. The second-order valence-electron chi connectivity index (χ2n) is 6.74. The van der Waals surface area contributed by atoms with Gasteiger partial charge in [-0.25, -0.2) is 8.42 Å². The molecule has 0 saturated carbocycles. The fourth-order valence-corrected chi connectivity index (χ4v) is 3.91. The fraction of sp³-hybridized carbons (Fsp3) is 0.136. The van der Waals surface area contributed by atoms with E-state index >= 15 is 0 Å². The first-order chi connectivity index (χ1) is 13.3. The zero-order valence-corrected chi connectivity index (χ0v) is 16.8. The number of nitrogens with one attached hydrogen (secondary N) is 2. The summed E-state index contributed by atoms with van der Waals surface area (Å²) in [6.07, 6.45) is 0. The number of aryl methyl sites for hydroxylation is 3. The van der Waals surface area contributed by atoms with E-state index in [2.05, 4.69) is 10.0 Å². The van der Waals surface area contributed by atoms with Crippen LogP contribution >= 0.6 is 0 Å². The van der Waals surface area contributed by atoms with Gasteiger partial charge in [0.15, 0.2) is 0 Å². The van der Waals surface area contributed by atoms with Crippen molar-refractivity contribution in [1.29, 1.82) is 0 Å². The Morgan fingerprint density at radius 2 is 1.43 bits per heavy atom. The van der Waals surface area contributed by atoms with Crippen LogP contribution in [0.3, 0.4) is 0 Å². The summed E-state index contributed by atoms with van der Waals surface area (Å²) < 4.78 is 27.9. The first-order valence-electron chi connectivity index (χ1n) is 8.83. The molecule has 144 valence electrons. The van der Waals surface area contributed by atoms with Gasteiger partial charge < -0.3 is 5.32 Å². The number of benzene rings is 3. The molecule has 0 aliphatic heterocycles. The predicted octanol–water partition coefficient (Wildman–Crippen LogP) is 4.66. The second-order valence-corrected chi connectivity index (χ2v) is 8.42. The van der Waals surface area contributed by atoms with E-state index in [4.69, 9.17) is 0 Å². The summed E-state index contributed by atoms with van der Waals surface area (Å²) in [4.78, 5) is 12.9. The monoisotopic (exact) mass is 394 g/mol. The number of hydrogen-bond donors (Lipinski definition) is 2. The molecule has 2 N–H and O–H groups in total. The summed E-state index contributed by atoms with van der Waals surface area (Å²) in [7, 11) is -3.80. The molecule has 0 fully saturated rings. The molecule has 0 spiro atoms. The molecule has 0 aliphatic carbocycles. The number of anilines is 2. The maximum Gasteiger partial charge on any atom is 0.261 e. The van der Waals surface area contributed by atoms with E-state index in [1.165, 1.54) is 12.1 Å². The van der Waals surface area contributed by atoms with E-state index in [-0.39, 0.29) is 22.1 Å². The third-order valence-corrected chi connectivity index (χ3v) is 5.76. The van der Waals surface area contributed by atoms with Gasteiger partial charge in [-0.15, -0.1) is 0 Å². The maximum absolute atomic E-state index is 12.8. The molecule has 1 amide bonds. The molecule has 0 aromatic heterocycles. The quantitative estimate of drug-likeness (QED) is 0.661. The van der Waals surface area contributed by atoms with Crippen molar-refractivity contribution in [2.45, 2.75) is 25.7 Å². The Balaban J connectivity index is 1.88. The average Bonchev–Trinajstić information content (AvgIpc) is 2.64. The lowest BCUT2D eigenvalue weighted by molar-refractivity contribution is 0.102. The number of carbonyl (C=O) groups is 1. The topological polar surface area (TPSA) is 75.3 Å². The van der Waals surface area contributed by atoms with Crippen LogP contribution < -0.4 is 10.0 Å². The predicted molar refractivity (Wildman–Crippen MR) is 112 cm³/mol. The van der Waals surface area contributed by atoms with Crippen LogP contribution in [0.15, 0.2) is 71.6 Å². The highest BCUT2D eigenvalue weighted by Gasteiger charge is 2.19. The number of hydrogen-bond acceptors (Lipinski definition) is 3. The van der Waals surface area contributed by atoms with Gasteiger partial charge in [-0.3, -0.25) is 9.52 Å². The smallest absolute Gasteiger partial charge is 0.261 e. The van der Waals surface area contributed by atoms with Gasteiger partial charge in [-0.1, -0.05) is 47.5 Å². The standard InChI is InChI=1S/C22H22N2O3S/c1-15-8-11-18(12-9-15)28(26,27)24-21-7-5-4-6-19(21)22(25)23-20-13-10-16(2)14-17(20)3/h4-14,24H,1-3H3,(H,23,25). The van der Waals surface area contributed by atoms with Crippen LogP contribution in [-0.2, 0) is 10.0 Å². The molecular weight excluding hydrogens is 372 g/mol. The largest absolute Gasteiger partial charge is 0.322 e. The van der Waals surface area contributed by atoms with Gasteiger partial charge in [0, 0.05) is 5.69 Å². The summed E-state index contributed by atoms with van der Waals surface area (Å²) in [6.45, 7) is 5.78. The first-order valence-corrected chi connectivity index (χ1v) is 10.3. The molecular formula is C22H22N2O3S. The minimum atomic E-state index is -3.80. The van der Waals surface area contributed by atoms with Crippen LogP contribution in [0.5, 0.6) is 0 Å². The Morgan fingerprint density at radius 1 is 0.786 bits per heavy atom. The summed E-state index contributed by atoms with van der Waals surface area (Å²) >= 11 is 0. The Hall–Kier alpha value is -3.12. The molecule has 0 radical (unpaired) electrons. The van der Waals surface area contributed by atoms with Crippen molar-refractivity contribution in [3.8, 4) is 0 Å². The van der Waals surface area contributed by atoms with E-state index in [0.717, 1.165) is 16.7 Å². The van der Waals surface area contributed by atoms with Crippen LogP contribution in [0.4, 0.5) is 11.4 Å². The average molecular weight is 394 g/mol. The van der Waals surface area contributed by atoms with Crippen molar-refractivity contribution in [3.63, 3.8) is 0 Å². The van der Waals surface area contributed by atoms with Gasteiger partial charge >= 0.3 is 0 Å². The minimum Gasteiger partial charge on any atom is -0.322 e. The van der Waals surface area contributed by atoms with Crippen LogP contribution in [0.2, 0.25) is 0 Å². The highest BCUT2D eigenvalue weighted by Crippen LogP contribution is 2.23. The first kappa shape index (κ1) is 19.6. The highest BCUT2D eigenvalue weighted by atomic mass is 32.2. The Morgan fingerprint density at radius 3 is 2.11 bits per heavy atom. The lowest BCUT2D eigenvalue weighted by Crippen LogP contribution is -2.19. The van der Waals surface area contributed by atoms with Gasteiger partial charge in [0.1, 0.15) is 0 Å². The Bertz CT molecular complexity index is 1120. The van der Waals surface area contributed by atoms with Crippen molar-refractivity contribution in [2.75, 3.05) is 10.0 Å². The van der Waals surface area contributed by atoms with Crippen LogP contribution in [0.25, 0.3) is 0 Å². The van der Waals surface area contributed by atoms with Crippen LogP contribution in [-0.4, -0.2) is 14.3 Å². The van der Waals surface area contributed by atoms with Gasteiger partial charge in [0.25, 0.3) is 15.9 Å². The molecule has 6 heteroatoms. The third kappa shape index (κ3) is 4.40. The molecule has 0 atom stereocenters. The SMILES string of the molecule is Cc1ccc(S(=O)(=O)Nc2ccccc2C(=O)Nc2ccc(C)cc2C)cc1. The van der Waals surface area contributed by atoms with Crippen molar-refractivity contribution in [1.82, 2.24) is 0 Å². The molecule has 0 aliphatic rings. The Kier molecular flexibility index (Phi) is 5.51. The number of rotatable bonds is 5. The van der Waals surface area contributed by atoms with Crippen LogP contribution in [0, 0.1) is 20.8 Å². The lowest BCUT2D eigenvalue weighted by Gasteiger charge is -2.14. The number of carbonyl (C=O) groups excluding carboxylic acids is 1. The second kappa shape index (κ2) is 7.86. The molecule has 3 aromatic rings. The third-order valence-electron chi connectivity index (χ3n) is 4.38. The van der Waals surface area contributed by atoms with Gasteiger partial charge in [0.05, 0.1) is 16.1 Å². The molecule has 3 rings (SSSR count). The zero-order valence-electron chi connectivity index (χ0n) is 16.0. The molecule has 0 unspecified atom stereocenters. The highest BCUT2D eigenvalue weighted by molar-refractivity contribution is 7.92. The molecule has 5 nitrogen and oxygen atoms in total. The van der Waals surface area contributed by atoms with Gasteiger partial charge in [-0.2, -0.15) is 0 Å². The van der Waals surface area contributed by atoms with Crippen molar-refractivity contribution < 1.29 is 13.2 Å². The molecule has 0 bridgehead atoms. The van der Waals surface area contributed by atoms with Crippen molar-refractivity contribution in [2.24, 2.45) is 0 Å². The Labute approximate surface area is 165 Å². The molecule has 28 heavy (non-hydrogen) atoms. The number of para-hydroxylation sites is 1. The van der Waals surface area contributed by atoms with Crippen molar-refractivity contribution in [3.05, 3.63) is 89.0 Å². The van der Waals surface area contributed by atoms with Gasteiger partial charge in [0.2, 0.25) is 0 Å². The summed E-state index contributed by atoms with van der Waals surface area (Å²) in [5.41, 5.74) is 4.16. The fourth-order valence-electron chi connectivity index (χ4n) is 2.83. The van der Waals surface area contributed by atoms with E-state index in [1.54, 1.807) is 36.4 Å². The van der Waals surface area contributed by atoms with E-state index in [1.807, 2.05) is 39.0 Å². The molecule has 0 saturated heterocycles. The number of amides is 1. The zero-order chi connectivity index (χ0) is 20.3. The molecule has 0 heterocycles. The minimum absolute atomic E-state index is 0.141. The van der Waals surface area contributed by atoms with Crippen molar-refractivity contribution >= 4 is 27.3 Å². The summed E-state index contributed by atoms with van der Waals surface area (Å²) in [6, 6.07) is 18.8. The van der Waals surface area contributed by atoms with E-state index in [0.29, 0.717) is 5.69 Å². The van der Waals surface area contributed by atoms with Crippen LogP contribution in [0.1, 0.15) is 27.0 Å². The number of sulfonamides is 1. The lowest BCUT2D eigenvalue weighted by atomic mass is 10.1.